The molecular weight excluding hydrogens is 365 g/mol. The predicted molar refractivity (Wildman–Crippen MR) is 83.9 cm³/mol. The van der Waals surface area contributed by atoms with Crippen molar-refractivity contribution < 1.29 is 9.84 Å². The molecule has 0 aliphatic heterocycles. The van der Waals surface area contributed by atoms with Gasteiger partial charge in [-0.05, 0) is 47.5 Å². The standard InChI is InChI=1S/C14H12BrCl2NO2/c1-7-3-8(2)18-14(9(7)6-19)20-13-5-11(16)10(15)4-12(13)17/h3-5,19H,6H2,1-2H3. The minimum atomic E-state index is -0.156. The highest BCUT2D eigenvalue weighted by atomic mass is 79.9. The molecule has 1 aromatic carbocycles. The molecule has 0 radical (unpaired) electrons. The van der Waals surface area contributed by atoms with Crippen molar-refractivity contribution in [2.45, 2.75) is 20.5 Å². The lowest BCUT2D eigenvalue weighted by atomic mass is 10.1. The second-order valence-corrected chi connectivity index (χ2v) is 5.99. The SMILES string of the molecule is Cc1cc(C)c(CO)c(Oc2cc(Cl)c(Br)cc2Cl)n1. The topological polar surface area (TPSA) is 42.4 Å². The number of halogens is 3. The van der Waals surface area contributed by atoms with Crippen LogP contribution in [0.1, 0.15) is 16.8 Å². The minimum absolute atomic E-state index is 0.156. The molecule has 2 rings (SSSR count). The molecule has 0 saturated heterocycles. The van der Waals surface area contributed by atoms with E-state index in [1.54, 1.807) is 12.1 Å². The molecule has 1 N–H and O–H groups in total. The van der Waals surface area contributed by atoms with Gasteiger partial charge in [-0.15, -0.1) is 0 Å². The Hall–Kier alpha value is -0.810. The van der Waals surface area contributed by atoms with Gasteiger partial charge in [0.2, 0.25) is 5.88 Å². The smallest absolute Gasteiger partial charge is 0.225 e. The van der Waals surface area contributed by atoms with Gasteiger partial charge in [-0.1, -0.05) is 23.2 Å². The number of aliphatic hydroxyl groups excluding tert-OH is 1. The van der Waals surface area contributed by atoms with Crippen LogP contribution in [0.5, 0.6) is 11.6 Å². The Morgan fingerprint density at radius 2 is 1.90 bits per heavy atom. The van der Waals surface area contributed by atoms with Crippen molar-refractivity contribution in [2.24, 2.45) is 0 Å². The predicted octanol–water partition coefficient (Wildman–Crippen LogP) is 5.05. The van der Waals surface area contributed by atoms with Gasteiger partial charge >= 0.3 is 0 Å². The molecule has 106 valence electrons. The molecule has 1 heterocycles. The van der Waals surface area contributed by atoms with Gasteiger partial charge in [0.1, 0.15) is 5.75 Å². The summed E-state index contributed by atoms with van der Waals surface area (Å²) in [4.78, 5) is 4.30. The lowest BCUT2D eigenvalue weighted by Gasteiger charge is -2.13. The highest BCUT2D eigenvalue weighted by Crippen LogP contribution is 2.37. The van der Waals surface area contributed by atoms with E-state index in [1.165, 1.54) is 0 Å². The van der Waals surface area contributed by atoms with Gasteiger partial charge in [-0.3, -0.25) is 0 Å². The lowest BCUT2D eigenvalue weighted by Crippen LogP contribution is -2.00. The van der Waals surface area contributed by atoms with E-state index in [9.17, 15) is 5.11 Å². The maximum absolute atomic E-state index is 9.45. The molecule has 0 spiro atoms. The van der Waals surface area contributed by atoms with Gasteiger partial charge in [0.15, 0.2) is 0 Å². The van der Waals surface area contributed by atoms with E-state index in [0.29, 0.717) is 31.7 Å². The summed E-state index contributed by atoms with van der Waals surface area (Å²) in [6.45, 7) is 3.59. The molecule has 0 saturated carbocycles. The van der Waals surface area contributed by atoms with Crippen LogP contribution in [-0.4, -0.2) is 10.1 Å². The molecule has 6 heteroatoms. The van der Waals surface area contributed by atoms with E-state index in [2.05, 4.69) is 20.9 Å². The molecular formula is C14H12BrCl2NO2. The van der Waals surface area contributed by atoms with E-state index in [-0.39, 0.29) is 6.61 Å². The van der Waals surface area contributed by atoms with E-state index in [4.69, 9.17) is 27.9 Å². The maximum Gasteiger partial charge on any atom is 0.225 e. The van der Waals surface area contributed by atoms with Crippen LogP contribution in [-0.2, 0) is 6.61 Å². The average Bonchev–Trinajstić information content (AvgIpc) is 2.35. The Kier molecular flexibility index (Phi) is 4.91. The Bertz CT molecular complexity index is 662. The van der Waals surface area contributed by atoms with Gasteiger partial charge in [-0.2, -0.15) is 0 Å². The van der Waals surface area contributed by atoms with E-state index >= 15 is 0 Å². The molecule has 0 fully saturated rings. The van der Waals surface area contributed by atoms with Crippen LogP contribution in [0.25, 0.3) is 0 Å². The molecule has 20 heavy (non-hydrogen) atoms. The Balaban J connectivity index is 2.47. The summed E-state index contributed by atoms with van der Waals surface area (Å²) in [5.74, 6) is 0.734. The number of pyridine rings is 1. The largest absolute Gasteiger partial charge is 0.437 e. The Labute approximate surface area is 135 Å². The molecule has 0 unspecified atom stereocenters. The zero-order valence-corrected chi connectivity index (χ0v) is 14.0. The van der Waals surface area contributed by atoms with Crippen LogP contribution in [0.4, 0.5) is 0 Å². The van der Waals surface area contributed by atoms with Crippen molar-refractivity contribution in [2.75, 3.05) is 0 Å². The summed E-state index contributed by atoms with van der Waals surface area (Å²) in [5.41, 5.74) is 2.34. The van der Waals surface area contributed by atoms with Crippen molar-refractivity contribution in [3.05, 3.63) is 49.5 Å². The van der Waals surface area contributed by atoms with Crippen molar-refractivity contribution in [3.8, 4) is 11.6 Å². The molecule has 0 aliphatic carbocycles. The highest BCUT2D eigenvalue weighted by molar-refractivity contribution is 9.10. The average molecular weight is 377 g/mol. The summed E-state index contributed by atoms with van der Waals surface area (Å²) < 4.78 is 6.41. The van der Waals surface area contributed by atoms with Crippen LogP contribution in [0.3, 0.4) is 0 Å². The van der Waals surface area contributed by atoms with E-state index < -0.39 is 0 Å². The van der Waals surface area contributed by atoms with Crippen LogP contribution in [0.15, 0.2) is 22.7 Å². The fraction of sp³-hybridized carbons (Fsp3) is 0.214. The first-order valence-electron chi connectivity index (χ1n) is 5.82. The number of aryl methyl sites for hydroxylation is 2. The third-order valence-electron chi connectivity index (χ3n) is 2.78. The molecule has 2 aromatic rings. The number of nitrogens with zero attached hydrogens (tertiary/aromatic N) is 1. The molecule has 0 aliphatic rings. The quantitative estimate of drug-likeness (QED) is 0.762. The van der Waals surface area contributed by atoms with E-state index in [0.717, 1.165) is 11.3 Å². The fourth-order valence-electron chi connectivity index (χ4n) is 1.79. The van der Waals surface area contributed by atoms with Crippen LogP contribution in [0, 0.1) is 13.8 Å². The second kappa shape index (κ2) is 6.31. The van der Waals surface area contributed by atoms with Gasteiger partial charge in [0.05, 0.1) is 16.7 Å². The zero-order chi connectivity index (χ0) is 14.9. The highest BCUT2D eigenvalue weighted by Gasteiger charge is 2.13. The molecule has 0 atom stereocenters. The van der Waals surface area contributed by atoms with Crippen molar-refractivity contribution in [3.63, 3.8) is 0 Å². The van der Waals surface area contributed by atoms with Crippen molar-refractivity contribution >= 4 is 39.1 Å². The molecule has 1 aromatic heterocycles. The van der Waals surface area contributed by atoms with Gasteiger partial charge in [0.25, 0.3) is 0 Å². The number of rotatable bonds is 3. The monoisotopic (exact) mass is 375 g/mol. The lowest BCUT2D eigenvalue weighted by molar-refractivity contribution is 0.274. The normalized spacial score (nSPS) is 10.7. The summed E-state index contributed by atoms with van der Waals surface area (Å²) >= 11 is 15.4. The van der Waals surface area contributed by atoms with E-state index in [1.807, 2.05) is 19.9 Å². The van der Waals surface area contributed by atoms with Crippen LogP contribution >= 0.6 is 39.1 Å². The van der Waals surface area contributed by atoms with Crippen molar-refractivity contribution in [1.82, 2.24) is 4.98 Å². The first-order valence-corrected chi connectivity index (χ1v) is 7.37. The number of benzene rings is 1. The summed E-state index contributed by atoms with van der Waals surface area (Å²) in [7, 11) is 0. The number of hydrogen-bond donors (Lipinski definition) is 1. The third kappa shape index (κ3) is 3.26. The number of hydrogen-bond acceptors (Lipinski definition) is 3. The Morgan fingerprint density at radius 1 is 1.20 bits per heavy atom. The maximum atomic E-state index is 9.45. The molecule has 0 bridgehead atoms. The van der Waals surface area contributed by atoms with Crippen LogP contribution < -0.4 is 4.74 Å². The van der Waals surface area contributed by atoms with Crippen LogP contribution in [0.2, 0.25) is 10.0 Å². The summed E-state index contributed by atoms with van der Waals surface area (Å²) in [6, 6.07) is 5.14. The Morgan fingerprint density at radius 3 is 2.55 bits per heavy atom. The minimum Gasteiger partial charge on any atom is -0.437 e. The van der Waals surface area contributed by atoms with Gasteiger partial charge in [-0.25, -0.2) is 4.98 Å². The fourth-order valence-corrected chi connectivity index (χ4v) is 2.62. The third-order valence-corrected chi connectivity index (χ3v) is 4.27. The number of aliphatic hydroxyl groups is 1. The number of aromatic nitrogens is 1. The zero-order valence-electron chi connectivity index (χ0n) is 10.9. The summed E-state index contributed by atoms with van der Waals surface area (Å²) in [5, 5.41) is 10.3. The molecule has 3 nitrogen and oxygen atoms in total. The van der Waals surface area contributed by atoms with Gasteiger partial charge in [0, 0.05) is 21.8 Å². The first-order chi connectivity index (χ1) is 9.42. The van der Waals surface area contributed by atoms with Gasteiger partial charge < -0.3 is 9.84 Å². The summed E-state index contributed by atoms with van der Waals surface area (Å²) in [6.07, 6.45) is 0. The number of ether oxygens (including phenoxy) is 1. The second-order valence-electron chi connectivity index (χ2n) is 4.32. The first kappa shape index (κ1) is 15.6. The molecule has 0 amide bonds. The van der Waals surface area contributed by atoms with Crippen molar-refractivity contribution in [1.29, 1.82) is 0 Å².